The Kier molecular flexibility index (Phi) is 5.79. The number of aromatic amines is 1. The summed E-state index contributed by atoms with van der Waals surface area (Å²) in [6.45, 7) is 0.488. The second-order valence-electron chi connectivity index (χ2n) is 7.14. The molecule has 166 valence electrons. The molecule has 0 radical (unpaired) electrons. The van der Waals surface area contributed by atoms with Gasteiger partial charge in [-0.15, -0.1) is 0 Å². The normalized spacial score (nSPS) is 11.7. The van der Waals surface area contributed by atoms with Crippen LogP contribution in [0.25, 0.3) is 10.9 Å². The molecule has 0 spiro atoms. The maximum atomic E-state index is 12.6. The van der Waals surface area contributed by atoms with Gasteiger partial charge in [-0.05, 0) is 36.8 Å². The Balaban J connectivity index is 1.42. The summed E-state index contributed by atoms with van der Waals surface area (Å²) in [6.07, 6.45) is 1.66. The average Bonchev–Trinajstić information content (AvgIpc) is 3.34. The Hall–Kier alpha value is -3.53. The number of amides is 1. The first-order chi connectivity index (χ1) is 15.2. The van der Waals surface area contributed by atoms with Crippen molar-refractivity contribution in [2.75, 3.05) is 11.9 Å². The van der Waals surface area contributed by atoms with Crippen LogP contribution in [-0.4, -0.2) is 38.4 Å². The summed E-state index contributed by atoms with van der Waals surface area (Å²) in [5.74, 6) is -0.423. The molecular formula is C21H17ClF3N5O2. The zero-order valence-electron chi connectivity index (χ0n) is 16.7. The Labute approximate surface area is 185 Å². The number of halogens is 4. The van der Waals surface area contributed by atoms with Crippen molar-refractivity contribution in [3.63, 3.8) is 0 Å². The summed E-state index contributed by atoms with van der Waals surface area (Å²) in [6, 6.07) is 6.99. The molecule has 0 aliphatic carbocycles. The summed E-state index contributed by atoms with van der Waals surface area (Å²) in [7, 11) is 0. The van der Waals surface area contributed by atoms with Gasteiger partial charge in [-0.1, -0.05) is 11.6 Å². The number of nitrogens with zero attached hydrogens (tertiary/aromatic N) is 3. The number of benzene rings is 1. The predicted molar refractivity (Wildman–Crippen MR) is 113 cm³/mol. The third-order valence-corrected chi connectivity index (χ3v) is 4.83. The molecule has 0 atom stereocenters. The zero-order valence-corrected chi connectivity index (χ0v) is 17.5. The van der Waals surface area contributed by atoms with Crippen LogP contribution in [0.1, 0.15) is 21.5 Å². The van der Waals surface area contributed by atoms with E-state index >= 15 is 0 Å². The molecule has 0 saturated heterocycles. The lowest BCUT2D eigenvalue weighted by atomic mass is 10.2. The van der Waals surface area contributed by atoms with Gasteiger partial charge in [0, 0.05) is 40.1 Å². The summed E-state index contributed by atoms with van der Waals surface area (Å²) >= 11 is 6.04. The fourth-order valence-electron chi connectivity index (χ4n) is 3.15. The summed E-state index contributed by atoms with van der Waals surface area (Å²) in [5.41, 5.74) is 2.94. The van der Waals surface area contributed by atoms with E-state index in [2.05, 4.69) is 20.4 Å². The van der Waals surface area contributed by atoms with Crippen molar-refractivity contribution in [3.8, 4) is 5.88 Å². The number of hydrogen-bond acceptors (Lipinski definition) is 4. The number of alkyl halides is 3. The van der Waals surface area contributed by atoms with Crippen LogP contribution >= 0.6 is 11.6 Å². The molecule has 0 saturated carbocycles. The number of carbonyl (C=O) groups is 1. The Morgan fingerprint density at radius 1 is 1.28 bits per heavy atom. The van der Waals surface area contributed by atoms with E-state index < -0.39 is 12.8 Å². The van der Waals surface area contributed by atoms with Crippen molar-refractivity contribution in [1.29, 1.82) is 0 Å². The number of pyridine rings is 1. The number of carbonyl (C=O) groups excluding carboxylic acids is 1. The molecule has 0 aliphatic heterocycles. The molecule has 0 unspecified atom stereocenters. The van der Waals surface area contributed by atoms with Gasteiger partial charge in [0.2, 0.25) is 5.88 Å². The molecule has 11 heteroatoms. The molecule has 0 fully saturated rings. The number of aryl methyl sites for hydroxylation is 1. The smallest absolute Gasteiger partial charge is 0.422 e. The fourth-order valence-corrected chi connectivity index (χ4v) is 3.33. The molecule has 4 rings (SSSR count). The van der Waals surface area contributed by atoms with Gasteiger partial charge in [-0.25, -0.2) is 4.98 Å². The highest BCUT2D eigenvalue weighted by Gasteiger charge is 2.29. The minimum atomic E-state index is -4.43. The first-order valence-corrected chi connectivity index (χ1v) is 9.81. The summed E-state index contributed by atoms with van der Waals surface area (Å²) in [5, 5.41) is 8.34. The van der Waals surface area contributed by atoms with Crippen molar-refractivity contribution < 1.29 is 22.7 Å². The van der Waals surface area contributed by atoms with Gasteiger partial charge in [0.15, 0.2) is 6.61 Å². The summed E-state index contributed by atoms with van der Waals surface area (Å²) in [4.78, 5) is 19.6. The lowest BCUT2D eigenvalue weighted by Crippen LogP contribution is -2.20. The van der Waals surface area contributed by atoms with E-state index in [1.54, 1.807) is 37.5 Å². The van der Waals surface area contributed by atoms with E-state index in [4.69, 9.17) is 16.3 Å². The maximum absolute atomic E-state index is 12.6. The highest BCUT2D eigenvalue weighted by molar-refractivity contribution is 6.31. The van der Waals surface area contributed by atoms with Crippen LogP contribution in [-0.2, 0) is 6.54 Å². The lowest BCUT2D eigenvalue weighted by Gasteiger charge is -2.11. The average molecular weight is 464 g/mol. The Morgan fingerprint density at radius 3 is 2.84 bits per heavy atom. The number of fused-ring (bicyclic) bond motifs is 1. The predicted octanol–water partition coefficient (Wildman–Crippen LogP) is 4.96. The van der Waals surface area contributed by atoms with Gasteiger partial charge in [-0.2, -0.15) is 18.3 Å². The van der Waals surface area contributed by atoms with Crippen LogP contribution in [0.4, 0.5) is 18.9 Å². The molecule has 32 heavy (non-hydrogen) atoms. The molecule has 0 bridgehead atoms. The van der Waals surface area contributed by atoms with Gasteiger partial charge >= 0.3 is 6.18 Å². The zero-order chi connectivity index (χ0) is 22.9. The highest BCUT2D eigenvalue weighted by atomic mass is 35.5. The maximum Gasteiger partial charge on any atom is 0.422 e. The van der Waals surface area contributed by atoms with Crippen molar-refractivity contribution in [1.82, 2.24) is 19.7 Å². The molecule has 7 nitrogen and oxygen atoms in total. The quantitative estimate of drug-likeness (QED) is 0.423. The molecule has 3 aromatic heterocycles. The van der Waals surface area contributed by atoms with Crippen LogP contribution in [0.3, 0.4) is 0 Å². The van der Waals surface area contributed by atoms with Crippen LogP contribution in [0.2, 0.25) is 5.02 Å². The molecule has 1 amide bonds. The minimum Gasteiger partial charge on any atom is -0.468 e. The number of anilines is 1. The van der Waals surface area contributed by atoms with Crippen molar-refractivity contribution in [2.24, 2.45) is 0 Å². The second-order valence-corrected chi connectivity index (χ2v) is 7.58. The number of ether oxygens (including phenoxy) is 1. The van der Waals surface area contributed by atoms with Crippen LogP contribution in [0.15, 0.2) is 49.1 Å². The van der Waals surface area contributed by atoms with E-state index in [0.717, 1.165) is 10.9 Å². The topological polar surface area (TPSA) is 84.8 Å². The van der Waals surface area contributed by atoms with Crippen LogP contribution in [0, 0.1) is 6.92 Å². The van der Waals surface area contributed by atoms with Crippen LogP contribution in [0.5, 0.6) is 5.88 Å². The van der Waals surface area contributed by atoms with E-state index in [0.29, 0.717) is 27.4 Å². The number of H-pyrrole nitrogens is 1. The number of hydrogen-bond donors (Lipinski definition) is 2. The van der Waals surface area contributed by atoms with Gasteiger partial charge in [0.25, 0.3) is 5.91 Å². The molecule has 2 N–H and O–H groups in total. The van der Waals surface area contributed by atoms with Gasteiger partial charge in [0.05, 0.1) is 24.0 Å². The lowest BCUT2D eigenvalue weighted by molar-refractivity contribution is -0.154. The van der Waals surface area contributed by atoms with Crippen molar-refractivity contribution in [3.05, 3.63) is 70.8 Å². The highest BCUT2D eigenvalue weighted by Crippen LogP contribution is 2.26. The van der Waals surface area contributed by atoms with Crippen molar-refractivity contribution in [2.45, 2.75) is 19.6 Å². The Morgan fingerprint density at radius 2 is 2.09 bits per heavy atom. The van der Waals surface area contributed by atoms with Crippen LogP contribution < -0.4 is 10.1 Å². The Bertz CT molecular complexity index is 1280. The SMILES string of the molecule is Cc1cc(Cn2cc(C(=O)Nc3c[nH]c4ccc(Cl)cc34)cn2)cnc1OCC(F)(F)F. The third-order valence-electron chi connectivity index (χ3n) is 4.59. The number of rotatable bonds is 6. The van der Waals surface area contributed by atoms with E-state index in [9.17, 15) is 18.0 Å². The molecule has 4 aromatic rings. The summed E-state index contributed by atoms with van der Waals surface area (Å²) < 4.78 is 43.2. The number of nitrogens with one attached hydrogen (secondary N) is 2. The van der Waals surface area contributed by atoms with Gasteiger partial charge < -0.3 is 15.0 Å². The van der Waals surface area contributed by atoms with Gasteiger partial charge in [0.1, 0.15) is 0 Å². The molecule has 1 aromatic carbocycles. The minimum absolute atomic E-state index is 0.0783. The van der Waals surface area contributed by atoms with Crippen molar-refractivity contribution >= 4 is 34.1 Å². The third kappa shape index (κ3) is 5.02. The van der Waals surface area contributed by atoms with Gasteiger partial charge in [-0.3, -0.25) is 9.48 Å². The largest absolute Gasteiger partial charge is 0.468 e. The van der Waals surface area contributed by atoms with E-state index in [-0.39, 0.29) is 18.3 Å². The monoisotopic (exact) mass is 463 g/mol. The van der Waals surface area contributed by atoms with E-state index in [1.807, 2.05) is 6.07 Å². The molecule has 0 aliphatic rings. The van der Waals surface area contributed by atoms with E-state index in [1.165, 1.54) is 17.1 Å². The first-order valence-electron chi connectivity index (χ1n) is 9.43. The molecular weight excluding hydrogens is 447 g/mol. The first kappa shape index (κ1) is 21.7. The molecule has 3 heterocycles. The number of aromatic nitrogens is 4. The fraction of sp³-hybridized carbons (Fsp3) is 0.190. The standard InChI is InChI=1S/C21H17ClF3N5O2/c1-12-4-13(6-27-20(12)32-11-21(23,24)25)9-30-10-14(7-28-30)19(31)29-18-8-26-17-3-2-15(22)5-16(17)18/h2-8,10,26H,9,11H2,1H3,(H,29,31). The second kappa shape index (κ2) is 8.54.